The van der Waals surface area contributed by atoms with Crippen LogP contribution in [0.25, 0.3) is 0 Å². The second-order valence-electron chi connectivity index (χ2n) is 6.09. The molecule has 0 radical (unpaired) electrons. The maximum absolute atomic E-state index is 9.36. The lowest BCUT2D eigenvalue weighted by atomic mass is 9.64. The molecule has 0 spiro atoms. The van der Waals surface area contributed by atoms with E-state index in [1.165, 1.54) is 0 Å². The number of aliphatic hydroxyl groups is 1. The van der Waals surface area contributed by atoms with Crippen LogP contribution < -0.4 is 5.32 Å². The van der Waals surface area contributed by atoms with Crippen molar-refractivity contribution in [3.8, 4) is 0 Å². The Morgan fingerprint density at radius 1 is 1.41 bits per heavy atom. The molecule has 100 valence electrons. The van der Waals surface area contributed by atoms with Crippen molar-refractivity contribution >= 4 is 0 Å². The summed E-state index contributed by atoms with van der Waals surface area (Å²) in [5.41, 5.74) is 0.157. The van der Waals surface area contributed by atoms with Crippen molar-refractivity contribution in [2.75, 3.05) is 33.0 Å². The van der Waals surface area contributed by atoms with Crippen LogP contribution >= 0.6 is 0 Å². The Balaban J connectivity index is 1.78. The predicted octanol–water partition coefficient (Wildman–Crippen LogP) is 0.788. The van der Waals surface area contributed by atoms with Crippen LogP contribution in [-0.2, 0) is 9.47 Å². The van der Waals surface area contributed by atoms with Crippen molar-refractivity contribution in [3.63, 3.8) is 0 Å². The fraction of sp³-hybridized carbons (Fsp3) is 1.00. The fourth-order valence-electron chi connectivity index (χ4n) is 2.70. The van der Waals surface area contributed by atoms with E-state index in [1.54, 1.807) is 0 Å². The predicted molar refractivity (Wildman–Crippen MR) is 65.9 cm³/mol. The molecule has 4 nitrogen and oxygen atoms in total. The molecule has 2 N–H and O–H groups in total. The number of rotatable bonds is 6. The lowest BCUT2D eigenvalue weighted by Gasteiger charge is -2.53. The lowest BCUT2D eigenvalue weighted by molar-refractivity contribution is -0.149. The molecule has 1 saturated heterocycles. The van der Waals surface area contributed by atoms with Crippen LogP contribution in [0, 0.1) is 10.8 Å². The van der Waals surface area contributed by atoms with Crippen molar-refractivity contribution in [1.82, 2.24) is 5.32 Å². The number of ether oxygens (including phenoxy) is 2. The molecule has 2 fully saturated rings. The highest BCUT2D eigenvalue weighted by Crippen LogP contribution is 2.43. The van der Waals surface area contributed by atoms with E-state index >= 15 is 0 Å². The molecule has 2 atom stereocenters. The van der Waals surface area contributed by atoms with E-state index in [4.69, 9.17) is 9.47 Å². The minimum atomic E-state index is -0.0349. The first kappa shape index (κ1) is 13.3. The average molecular weight is 243 g/mol. The van der Waals surface area contributed by atoms with Crippen molar-refractivity contribution in [3.05, 3.63) is 0 Å². The first-order valence-corrected chi connectivity index (χ1v) is 6.58. The topological polar surface area (TPSA) is 50.7 Å². The van der Waals surface area contributed by atoms with Gasteiger partial charge in [0.1, 0.15) is 0 Å². The normalized spacial score (nSPS) is 33.9. The second kappa shape index (κ2) is 4.84. The molecule has 1 heterocycles. The molecule has 2 rings (SSSR count). The maximum atomic E-state index is 9.36. The van der Waals surface area contributed by atoms with Crippen LogP contribution in [-0.4, -0.2) is 50.2 Å². The summed E-state index contributed by atoms with van der Waals surface area (Å²) >= 11 is 0. The molecule has 0 amide bonds. The third-order valence-electron chi connectivity index (χ3n) is 4.42. The molecule has 1 aliphatic heterocycles. The van der Waals surface area contributed by atoms with Crippen LogP contribution in [0.1, 0.15) is 27.2 Å². The van der Waals surface area contributed by atoms with Crippen LogP contribution in [0.2, 0.25) is 0 Å². The lowest BCUT2D eigenvalue weighted by Crippen LogP contribution is -2.64. The number of hydrogen-bond donors (Lipinski definition) is 2. The van der Waals surface area contributed by atoms with Crippen molar-refractivity contribution < 1.29 is 14.6 Å². The minimum absolute atomic E-state index is 0.0349. The molecule has 0 aromatic heterocycles. The number of hydrogen-bond acceptors (Lipinski definition) is 4. The molecular formula is C13H25NO3. The van der Waals surface area contributed by atoms with Gasteiger partial charge in [-0.05, 0) is 13.3 Å². The summed E-state index contributed by atoms with van der Waals surface area (Å²) in [6.07, 6.45) is 1.44. The third kappa shape index (κ3) is 2.36. The Labute approximate surface area is 104 Å². The molecule has 0 bridgehead atoms. The summed E-state index contributed by atoms with van der Waals surface area (Å²) in [4.78, 5) is 0. The van der Waals surface area contributed by atoms with Gasteiger partial charge in [-0.2, -0.15) is 0 Å². The van der Waals surface area contributed by atoms with Crippen molar-refractivity contribution in [2.45, 2.75) is 39.3 Å². The Morgan fingerprint density at radius 2 is 2.12 bits per heavy atom. The molecule has 0 aromatic carbocycles. The van der Waals surface area contributed by atoms with E-state index in [-0.39, 0.29) is 17.4 Å². The highest BCUT2D eigenvalue weighted by molar-refractivity contribution is 5.04. The smallest absolute Gasteiger partial charge is 0.0655 e. The Hall–Kier alpha value is -0.160. The zero-order valence-corrected chi connectivity index (χ0v) is 11.2. The zero-order valence-electron chi connectivity index (χ0n) is 11.2. The zero-order chi connectivity index (χ0) is 12.5. The molecule has 1 saturated carbocycles. The van der Waals surface area contributed by atoms with Crippen molar-refractivity contribution in [1.29, 1.82) is 0 Å². The average Bonchev–Trinajstić information content (AvgIpc) is 2.25. The van der Waals surface area contributed by atoms with Crippen LogP contribution in [0.3, 0.4) is 0 Å². The van der Waals surface area contributed by atoms with Crippen LogP contribution in [0.4, 0.5) is 0 Å². The third-order valence-corrected chi connectivity index (χ3v) is 4.42. The number of aliphatic hydroxyl groups excluding tert-OH is 1. The van der Waals surface area contributed by atoms with Gasteiger partial charge in [0.05, 0.1) is 31.3 Å². The summed E-state index contributed by atoms with van der Waals surface area (Å²) in [6.45, 7) is 9.74. The SMILES string of the molecule is CCOC1CC(NCC2(CO)COC2)C1(C)C. The quantitative estimate of drug-likeness (QED) is 0.724. The Morgan fingerprint density at radius 3 is 2.53 bits per heavy atom. The monoisotopic (exact) mass is 243 g/mol. The standard InChI is InChI=1S/C13H25NO3/c1-4-17-11-5-10(12(11,2)3)14-6-13(7-15)8-16-9-13/h10-11,14-15H,4-9H2,1-3H3. The van der Waals surface area contributed by atoms with Crippen molar-refractivity contribution in [2.24, 2.45) is 10.8 Å². The summed E-state index contributed by atoms with van der Waals surface area (Å²) < 4.78 is 10.9. The summed E-state index contributed by atoms with van der Waals surface area (Å²) in [6, 6.07) is 0.489. The molecular weight excluding hydrogens is 218 g/mol. The van der Waals surface area contributed by atoms with Gasteiger partial charge >= 0.3 is 0 Å². The summed E-state index contributed by atoms with van der Waals surface area (Å²) in [5.74, 6) is 0. The van der Waals surface area contributed by atoms with E-state index in [9.17, 15) is 5.11 Å². The van der Waals surface area contributed by atoms with Gasteiger partial charge in [0.25, 0.3) is 0 Å². The van der Waals surface area contributed by atoms with E-state index in [2.05, 4.69) is 19.2 Å². The first-order valence-electron chi connectivity index (χ1n) is 6.58. The van der Waals surface area contributed by atoms with Crippen LogP contribution in [0.5, 0.6) is 0 Å². The van der Waals surface area contributed by atoms with Gasteiger partial charge in [-0.15, -0.1) is 0 Å². The van der Waals surface area contributed by atoms with E-state index in [0.717, 1.165) is 19.6 Å². The highest BCUT2D eigenvalue weighted by Gasteiger charge is 2.49. The molecule has 0 aromatic rings. The van der Waals surface area contributed by atoms with Gasteiger partial charge in [-0.1, -0.05) is 13.8 Å². The Kier molecular flexibility index (Phi) is 3.78. The summed E-state index contributed by atoms with van der Waals surface area (Å²) in [5, 5.41) is 12.9. The second-order valence-corrected chi connectivity index (χ2v) is 6.09. The van der Waals surface area contributed by atoms with Gasteiger partial charge < -0.3 is 19.9 Å². The summed E-state index contributed by atoms with van der Waals surface area (Å²) in [7, 11) is 0. The highest BCUT2D eigenvalue weighted by atomic mass is 16.5. The maximum Gasteiger partial charge on any atom is 0.0655 e. The molecule has 2 aliphatic rings. The van der Waals surface area contributed by atoms with Gasteiger partial charge in [0.15, 0.2) is 0 Å². The number of nitrogens with one attached hydrogen (secondary N) is 1. The molecule has 1 aliphatic carbocycles. The van der Waals surface area contributed by atoms with Gasteiger partial charge in [0.2, 0.25) is 0 Å². The first-order chi connectivity index (χ1) is 8.04. The van der Waals surface area contributed by atoms with Gasteiger partial charge in [-0.3, -0.25) is 0 Å². The minimum Gasteiger partial charge on any atom is -0.396 e. The van der Waals surface area contributed by atoms with E-state index < -0.39 is 0 Å². The Bertz CT molecular complexity index is 258. The molecule has 4 heteroatoms. The van der Waals surface area contributed by atoms with Gasteiger partial charge in [-0.25, -0.2) is 0 Å². The van der Waals surface area contributed by atoms with Crippen LogP contribution in [0.15, 0.2) is 0 Å². The van der Waals surface area contributed by atoms with E-state index in [0.29, 0.717) is 25.4 Å². The molecule has 17 heavy (non-hydrogen) atoms. The van der Waals surface area contributed by atoms with Gasteiger partial charge in [0, 0.05) is 24.6 Å². The van der Waals surface area contributed by atoms with E-state index in [1.807, 2.05) is 6.92 Å². The molecule has 2 unspecified atom stereocenters. The fourth-order valence-corrected chi connectivity index (χ4v) is 2.70. The largest absolute Gasteiger partial charge is 0.396 e.